The summed E-state index contributed by atoms with van der Waals surface area (Å²) < 4.78 is 72.7. The van der Waals surface area contributed by atoms with Crippen molar-refractivity contribution < 1.29 is 36.3 Å². The lowest BCUT2D eigenvalue weighted by Gasteiger charge is -2.31. The van der Waals surface area contributed by atoms with Crippen LogP contribution in [0.15, 0.2) is 47.5 Å². The van der Waals surface area contributed by atoms with Crippen LogP contribution in [-0.2, 0) is 24.4 Å². The van der Waals surface area contributed by atoms with Gasteiger partial charge in [0.25, 0.3) is 11.5 Å². The van der Waals surface area contributed by atoms with Crippen molar-refractivity contribution in [2.24, 2.45) is 0 Å². The normalized spacial score (nSPS) is 15.4. The summed E-state index contributed by atoms with van der Waals surface area (Å²) in [5.41, 5.74) is -1.06. The number of pyridine rings is 1. The minimum atomic E-state index is -4.85. The summed E-state index contributed by atoms with van der Waals surface area (Å²) in [4.78, 5) is 39.5. The largest absolute Gasteiger partial charge is 0.573 e. The van der Waals surface area contributed by atoms with Gasteiger partial charge in [-0.25, -0.2) is 9.07 Å². The lowest BCUT2D eigenvalue weighted by atomic mass is 10.1. The van der Waals surface area contributed by atoms with Gasteiger partial charge in [0.15, 0.2) is 5.69 Å². The van der Waals surface area contributed by atoms with Crippen molar-refractivity contribution >= 4 is 17.5 Å². The number of benzene rings is 1. The molecule has 11 nitrogen and oxygen atoms in total. The van der Waals surface area contributed by atoms with Crippen LogP contribution >= 0.6 is 0 Å². The second kappa shape index (κ2) is 14.4. The molecule has 1 saturated heterocycles. The molecule has 1 aliphatic rings. The fourth-order valence-electron chi connectivity index (χ4n) is 4.72. The van der Waals surface area contributed by atoms with Crippen molar-refractivity contribution in [2.75, 3.05) is 18.4 Å². The minimum absolute atomic E-state index is 0.127. The van der Waals surface area contributed by atoms with Crippen LogP contribution in [0.25, 0.3) is 0 Å². The first-order chi connectivity index (χ1) is 20.9. The van der Waals surface area contributed by atoms with Gasteiger partial charge in [0, 0.05) is 19.3 Å². The molecule has 16 heteroatoms. The molecule has 3 aromatic rings. The van der Waals surface area contributed by atoms with E-state index in [9.17, 15) is 36.3 Å². The number of ether oxygens (including phenoxy) is 1. The van der Waals surface area contributed by atoms with E-state index in [0.717, 1.165) is 53.7 Å². The van der Waals surface area contributed by atoms with Crippen molar-refractivity contribution in [1.29, 1.82) is 0 Å². The molecular formula is C28H32F5N7O4. The van der Waals surface area contributed by atoms with Crippen LogP contribution in [0.3, 0.4) is 0 Å². The Labute approximate surface area is 249 Å². The number of piperidine rings is 1. The molecule has 2 unspecified atom stereocenters. The molecule has 0 radical (unpaired) electrons. The summed E-state index contributed by atoms with van der Waals surface area (Å²) in [6.07, 6.45) is -1.04. The van der Waals surface area contributed by atoms with Crippen LogP contribution in [0.1, 0.15) is 48.7 Å². The zero-order valence-electron chi connectivity index (χ0n) is 23.8. The molecule has 0 bridgehead atoms. The van der Waals surface area contributed by atoms with Crippen molar-refractivity contribution in [3.8, 4) is 5.75 Å². The molecule has 1 aromatic carbocycles. The number of amides is 2. The van der Waals surface area contributed by atoms with E-state index in [-0.39, 0.29) is 37.4 Å². The molecular weight excluding hydrogens is 593 g/mol. The molecule has 238 valence electrons. The molecule has 2 amide bonds. The Morgan fingerprint density at radius 2 is 1.89 bits per heavy atom. The highest BCUT2D eigenvalue weighted by molar-refractivity contribution is 5.94. The van der Waals surface area contributed by atoms with Gasteiger partial charge in [-0.05, 0) is 63.0 Å². The van der Waals surface area contributed by atoms with E-state index in [1.165, 1.54) is 30.6 Å². The second-order valence-electron chi connectivity index (χ2n) is 10.4. The molecule has 2 N–H and O–H groups in total. The Hall–Kier alpha value is -4.34. The molecule has 1 fully saturated rings. The number of carbonyl (C=O) groups is 2. The number of nitrogens with zero attached hydrogens (tertiary/aromatic N) is 5. The number of aromatic nitrogens is 4. The van der Waals surface area contributed by atoms with Crippen molar-refractivity contribution in [2.45, 2.75) is 70.8 Å². The van der Waals surface area contributed by atoms with E-state index in [2.05, 4.69) is 25.7 Å². The Kier molecular flexibility index (Phi) is 10.7. The molecule has 0 saturated carbocycles. The number of likely N-dealkylation sites (tertiary alicyclic amines) is 1. The molecule has 2 atom stereocenters. The third kappa shape index (κ3) is 9.08. The fraction of sp³-hybridized carbons (Fsp3) is 0.464. The minimum Gasteiger partial charge on any atom is -0.406 e. The van der Waals surface area contributed by atoms with Crippen LogP contribution in [0.2, 0.25) is 0 Å². The van der Waals surface area contributed by atoms with Crippen LogP contribution in [0.5, 0.6) is 5.75 Å². The van der Waals surface area contributed by atoms with Gasteiger partial charge in [-0.3, -0.25) is 19.3 Å². The maximum absolute atomic E-state index is 14.8. The summed E-state index contributed by atoms with van der Waals surface area (Å²) >= 11 is 0. The first kappa shape index (κ1) is 32.6. The van der Waals surface area contributed by atoms with E-state index in [4.69, 9.17) is 0 Å². The van der Waals surface area contributed by atoms with Gasteiger partial charge in [-0.1, -0.05) is 23.8 Å². The Morgan fingerprint density at radius 3 is 2.61 bits per heavy atom. The van der Waals surface area contributed by atoms with Crippen molar-refractivity contribution in [3.63, 3.8) is 0 Å². The van der Waals surface area contributed by atoms with E-state index in [1.54, 1.807) is 6.92 Å². The molecule has 0 spiro atoms. The maximum atomic E-state index is 14.8. The highest BCUT2D eigenvalue weighted by atomic mass is 19.4. The smallest absolute Gasteiger partial charge is 0.406 e. The Balaban J connectivity index is 1.25. The average molecular weight is 626 g/mol. The number of anilines is 1. The summed E-state index contributed by atoms with van der Waals surface area (Å²) in [5, 5.41) is 12.3. The standard InChI is InChI=1S/C28H32F5N7O4/c1-18(38-10-3-2-4-11-38)25(41)35-22-9-13-39(27(43)24(22)30)12-8-20(29)16-40-17-23(36-37-40)26(42)34-15-19-6-5-7-21(14-19)44-28(31,32)33/h5-7,9,13-14,17-18,20H,2-4,8,10-12,15-16H2,1H3,(H,34,42)(H,35,41). The van der Waals surface area contributed by atoms with Crippen molar-refractivity contribution in [1.82, 2.24) is 29.8 Å². The highest BCUT2D eigenvalue weighted by Gasteiger charge is 2.31. The average Bonchev–Trinajstić information content (AvgIpc) is 3.45. The number of halogens is 5. The number of carbonyl (C=O) groups excluding carboxylic acids is 2. The topological polar surface area (TPSA) is 123 Å². The predicted octanol–water partition coefficient (Wildman–Crippen LogP) is 3.65. The zero-order valence-corrected chi connectivity index (χ0v) is 23.8. The second-order valence-corrected chi connectivity index (χ2v) is 10.4. The van der Waals surface area contributed by atoms with Crippen LogP contribution in [0, 0.1) is 5.82 Å². The lowest BCUT2D eigenvalue weighted by Crippen LogP contribution is -2.44. The van der Waals surface area contributed by atoms with Crippen molar-refractivity contribution in [3.05, 3.63) is 70.2 Å². The van der Waals surface area contributed by atoms with Gasteiger partial charge in [0.2, 0.25) is 11.7 Å². The molecule has 1 aliphatic heterocycles. The summed E-state index contributed by atoms with van der Waals surface area (Å²) in [6, 6.07) is 5.85. The molecule has 44 heavy (non-hydrogen) atoms. The Bertz CT molecular complexity index is 1500. The lowest BCUT2D eigenvalue weighted by molar-refractivity contribution is -0.274. The first-order valence-electron chi connectivity index (χ1n) is 14.0. The third-order valence-corrected chi connectivity index (χ3v) is 7.11. The van der Waals surface area contributed by atoms with Gasteiger partial charge in [0.05, 0.1) is 24.5 Å². The quantitative estimate of drug-likeness (QED) is 0.295. The number of aryl methyl sites for hydroxylation is 1. The van der Waals surface area contributed by atoms with Gasteiger partial charge >= 0.3 is 6.36 Å². The summed E-state index contributed by atoms with van der Waals surface area (Å²) in [6.45, 7) is 2.68. The summed E-state index contributed by atoms with van der Waals surface area (Å²) in [5.74, 6) is -2.69. The monoisotopic (exact) mass is 625 g/mol. The molecule has 0 aliphatic carbocycles. The predicted molar refractivity (Wildman–Crippen MR) is 148 cm³/mol. The number of hydrogen-bond donors (Lipinski definition) is 2. The fourth-order valence-corrected chi connectivity index (χ4v) is 4.72. The van der Waals surface area contributed by atoms with E-state index in [1.807, 2.05) is 4.90 Å². The van der Waals surface area contributed by atoms with Gasteiger partial charge in [-0.2, -0.15) is 4.39 Å². The SMILES string of the molecule is CC(C(=O)Nc1ccn(CCC(F)Cn2cc(C(=O)NCc3cccc(OC(F)(F)F)c3)nn2)c(=O)c1F)N1CCCCC1. The number of alkyl halides is 4. The van der Waals surface area contributed by atoms with Crippen LogP contribution < -0.4 is 20.9 Å². The third-order valence-electron chi connectivity index (χ3n) is 7.11. The van der Waals surface area contributed by atoms with E-state index >= 15 is 0 Å². The maximum Gasteiger partial charge on any atom is 0.573 e. The molecule has 2 aromatic heterocycles. The zero-order chi connectivity index (χ0) is 31.9. The number of rotatable bonds is 12. The molecule has 4 rings (SSSR count). The number of hydrogen-bond acceptors (Lipinski definition) is 7. The molecule has 3 heterocycles. The van der Waals surface area contributed by atoms with E-state index in [0.29, 0.717) is 5.56 Å². The first-order valence-corrected chi connectivity index (χ1v) is 14.0. The van der Waals surface area contributed by atoms with Gasteiger partial charge in [-0.15, -0.1) is 18.3 Å². The van der Waals surface area contributed by atoms with Gasteiger partial charge in [0.1, 0.15) is 11.9 Å². The summed E-state index contributed by atoms with van der Waals surface area (Å²) in [7, 11) is 0. The van der Waals surface area contributed by atoms with Gasteiger partial charge < -0.3 is 19.9 Å². The number of nitrogens with one attached hydrogen (secondary N) is 2. The van der Waals surface area contributed by atoms with Crippen LogP contribution in [-0.4, -0.2) is 67.9 Å². The Morgan fingerprint density at radius 1 is 1.14 bits per heavy atom. The van der Waals surface area contributed by atoms with Crippen LogP contribution in [0.4, 0.5) is 27.6 Å². The van der Waals surface area contributed by atoms with E-state index < -0.39 is 47.5 Å². The highest BCUT2D eigenvalue weighted by Crippen LogP contribution is 2.23.